The normalized spacial score (nSPS) is 15.6. The fourth-order valence-corrected chi connectivity index (χ4v) is 3.21. The largest absolute Gasteiger partial charge is 0.349 e. The Labute approximate surface area is 128 Å². The standard InChI is InChI=1S/C16H19N3OS/c20-15(18-13-6-2-1-3-7-13)12-5-4-8-14(11-12)19-16-17-9-10-21-16/h4-5,8-11,13H,1-3,6-7H2,(H,17,19)(H,18,20). The lowest BCUT2D eigenvalue weighted by molar-refractivity contribution is 0.0928. The number of nitrogens with one attached hydrogen (secondary N) is 2. The van der Waals surface area contributed by atoms with Crippen LogP contribution in [0.1, 0.15) is 42.5 Å². The lowest BCUT2D eigenvalue weighted by Crippen LogP contribution is -2.36. The number of anilines is 2. The molecule has 4 nitrogen and oxygen atoms in total. The second kappa shape index (κ2) is 6.72. The molecule has 5 heteroatoms. The third kappa shape index (κ3) is 3.82. The van der Waals surface area contributed by atoms with E-state index in [-0.39, 0.29) is 5.91 Å². The molecule has 1 aliphatic carbocycles. The van der Waals surface area contributed by atoms with Crippen LogP contribution in [0.4, 0.5) is 10.8 Å². The van der Waals surface area contributed by atoms with Gasteiger partial charge in [0.05, 0.1) is 0 Å². The molecule has 0 unspecified atom stereocenters. The maximum Gasteiger partial charge on any atom is 0.251 e. The summed E-state index contributed by atoms with van der Waals surface area (Å²) in [5, 5.41) is 9.10. The van der Waals surface area contributed by atoms with Crippen molar-refractivity contribution in [3.8, 4) is 0 Å². The lowest BCUT2D eigenvalue weighted by Gasteiger charge is -2.22. The fraction of sp³-hybridized carbons (Fsp3) is 0.375. The van der Waals surface area contributed by atoms with Crippen molar-refractivity contribution in [2.24, 2.45) is 0 Å². The van der Waals surface area contributed by atoms with Crippen LogP contribution in [0.15, 0.2) is 35.8 Å². The number of thiazole rings is 1. The van der Waals surface area contributed by atoms with Crippen LogP contribution in [0, 0.1) is 0 Å². The van der Waals surface area contributed by atoms with Gasteiger partial charge in [-0.3, -0.25) is 4.79 Å². The number of rotatable bonds is 4. The molecule has 1 aromatic carbocycles. The van der Waals surface area contributed by atoms with Gasteiger partial charge in [-0.15, -0.1) is 11.3 Å². The summed E-state index contributed by atoms with van der Waals surface area (Å²) in [5.41, 5.74) is 1.59. The first-order valence-electron chi connectivity index (χ1n) is 7.39. The number of nitrogens with zero attached hydrogens (tertiary/aromatic N) is 1. The van der Waals surface area contributed by atoms with Crippen LogP contribution < -0.4 is 10.6 Å². The first kappa shape index (κ1) is 14.1. The monoisotopic (exact) mass is 301 g/mol. The van der Waals surface area contributed by atoms with Crippen molar-refractivity contribution >= 4 is 28.1 Å². The second-order valence-electron chi connectivity index (χ2n) is 5.35. The van der Waals surface area contributed by atoms with Crippen LogP contribution in [0.25, 0.3) is 0 Å². The summed E-state index contributed by atoms with van der Waals surface area (Å²) in [6.07, 6.45) is 7.69. The van der Waals surface area contributed by atoms with Gasteiger partial charge in [0.1, 0.15) is 0 Å². The average molecular weight is 301 g/mol. The summed E-state index contributed by atoms with van der Waals surface area (Å²) in [6.45, 7) is 0. The van der Waals surface area contributed by atoms with Gasteiger partial charge >= 0.3 is 0 Å². The zero-order valence-corrected chi connectivity index (χ0v) is 12.7. The van der Waals surface area contributed by atoms with Gasteiger partial charge in [-0.25, -0.2) is 4.98 Å². The van der Waals surface area contributed by atoms with E-state index in [1.165, 1.54) is 30.6 Å². The van der Waals surface area contributed by atoms with Crippen molar-refractivity contribution in [3.05, 3.63) is 41.4 Å². The van der Waals surface area contributed by atoms with E-state index in [1.807, 2.05) is 29.6 Å². The average Bonchev–Trinajstić information content (AvgIpc) is 3.01. The van der Waals surface area contributed by atoms with Crippen LogP contribution in [-0.4, -0.2) is 16.9 Å². The van der Waals surface area contributed by atoms with Gasteiger partial charge in [-0.2, -0.15) is 0 Å². The molecule has 2 aromatic rings. The molecule has 1 aliphatic rings. The van der Waals surface area contributed by atoms with E-state index in [1.54, 1.807) is 6.20 Å². The maximum atomic E-state index is 12.3. The zero-order valence-electron chi connectivity index (χ0n) is 11.8. The molecule has 0 radical (unpaired) electrons. The number of aromatic nitrogens is 1. The Kier molecular flexibility index (Phi) is 4.50. The quantitative estimate of drug-likeness (QED) is 0.899. The van der Waals surface area contributed by atoms with Crippen molar-refractivity contribution in [2.45, 2.75) is 38.1 Å². The van der Waals surface area contributed by atoms with Crippen molar-refractivity contribution in [1.29, 1.82) is 0 Å². The molecule has 0 aliphatic heterocycles. The number of carbonyl (C=O) groups excluding carboxylic acids is 1. The van der Waals surface area contributed by atoms with Crippen LogP contribution in [-0.2, 0) is 0 Å². The molecule has 1 heterocycles. The fourth-order valence-electron chi connectivity index (χ4n) is 2.66. The predicted octanol–water partition coefficient (Wildman–Crippen LogP) is 3.95. The van der Waals surface area contributed by atoms with Gasteiger partial charge in [0, 0.05) is 28.9 Å². The molecule has 0 atom stereocenters. The number of carbonyl (C=O) groups is 1. The SMILES string of the molecule is O=C(NC1CCCCC1)c1cccc(Nc2nccs2)c1. The highest BCUT2D eigenvalue weighted by atomic mass is 32.1. The van der Waals surface area contributed by atoms with Crippen molar-refractivity contribution in [1.82, 2.24) is 10.3 Å². The van der Waals surface area contributed by atoms with E-state index < -0.39 is 0 Å². The van der Waals surface area contributed by atoms with Crippen LogP contribution in [0.5, 0.6) is 0 Å². The summed E-state index contributed by atoms with van der Waals surface area (Å²) < 4.78 is 0. The van der Waals surface area contributed by atoms with Crippen molar-refractivity contribution in [3.63, 3.8) is 0 Å². The van der Waals surface area contributed by atoms with Crippen LogP contribution in [0.2, 0.25) is 0 Å². The highest BCUT2D eigenvalue weighted by Gasteiger charge is 2.16. The third-order valence-corrected chi connectivity index (χ3v) is 4.44. The molecular formula is C16H19N3OS. The second-order valence-corrected chi connectivity index (χ2v) is 6.25. The van der Waals surface area contributed by atoms with Crippen LogP contribution in [0.3, 0.4) is 0 Å². The number of hydrogen-bond acceptors (Lipinski definition) is 4. The molecule has 1 saturated carbocycles. The van der Waals surface area contributed by atoms with Gasteiger partial charge in [-0.05, 0) is 31.0 Å². The van der Waals surface area contributed by atoms with Crippen molar-refractivity contribution in [2.75, 3.05) is 5.32 Å². The molecule has 1 fully saturated rings. The molecule has 3 rings (SSSR count). The smallest absolute Gasteiger partial charge is 0.251 e. The van der Waals surface area contributed by atoms with Gasteiger partial charge in [0.2, 0.25) is 0 Å². The molecule has 0 bridgehead atoms. The minimum atomic E-state index is 0.0182. The Morgan fingerprint density at radius 2 is 2.10 bits per heavy atom. The minimum Gasteiger partial charge on any atom is -0.349 e. The Morgan fingerprint density at radius 1 is 1.24 bits per heavy atom. The Morgan fingerprint density at radius 3 is 2.86 bits per heavy atom. The van der Waals surface area contributed by atoms with E-state index >= 15 is 0 Å². The highest BCUT2D eigenvalue weighted by molar-refractivity contribution is 7.13. The van der Waals surface area contributed by atoms with Crippen LogP contribution >= 0.6 is 11.3 Å². The summed E-state index contributed by atoms with van der Waals surface area (Å²) in [5.74, 6) is 0.0182. The maximum absolute atomic E-state index is 12.3. The zero-order chi connectivity index (χ0) is 14.5. The summed E-state index contributed by atoms with van der Waals surface area (Å²) >= 11 is 1.54. The number of amides is 1. The van der Waals surface area contributed by atoms with E-state index in [0.29, 0.717) is 11.6 Å². The Hall–Kier alpha value is -1.88. The number of benzene rings is 1. The highest BCUT2D eigenvalue weighted by Crippen LogP contribution is 2.21. The minimum absolute atomic E-state index is 0.0182. The topological polar surface area (TPSA) is 54.0 Å². The van der Waals surface area contributed by atoms with E-state index in [0.717, 1.165) is 23.7 Å². The summed E-state index contributed by atoms with van der Waals surface area (Å²) in [4.78, 5) is 16.5. The van der Waals surface area contributed by atoms with Crippen molar-refractivity contribution < 1.29 is 4.79 Å². The lowest BCUT2D eigenvalue weighted by atomic mass is 9.95. The first-order chi connectivity index (χ1) is 10.3. The van der Waals surface area contributed by atoms with E-state index in [4.69, 9.17) is 0 Å². The molecule has 21 heavy (non-hydrogen) atoms. The van der Waals surface area contributed by atoms with Gasteiger partial charge in [0.25, 0.3) is 5.91 Å². The first-order valence-corrected chi connectivity index (χ1v) is 8.27. The molecule has 110 valence electrons. The molecule has 0 saturated heterocycles. The van der Waals surface area contributed by atoms with Gasteiger partial charge < -0.3 is 10.6 Å². The third-order valence-electron chi connectivity index (χ3n) is 3.75. The molecule has 2 N–H and O–H groups in total. The van der Waals surface area contributed by atoms with Gasteiger partial charge in [-0.1, -0.05) is 25.3 Å². The molecular weight excluding hydrogens is 282 g/mol. The molecule has 1 amide bonds. The van der Waals surface area contributed by atoms with E-state index in [2.05, 4.69) is 15.6 Å². The summed E-state index contributed by atoms with van der Waals surface area (Å²) in [6, 6.07) is 7.90. The van der Waals surface area contributed by atoms with Gasteiger partial charge in [0.15, 0.2) is 5.13 Å². The summed E-state index contributed by atoms with van der Waals surface area (Å²) in [7, 11) is 0. The molecule has 1 aromatic heterocycles. The Balaban J connectivity index is 1.65. The number of hydrogen-bond donors (Lipinski definition) is 2. The van der Waals surface area contributed by atoms with E-state index in [9.17, 15) is 4.79 Å². The Bertz CT molecular complexity index is 591. The molecule has 0 spiro atoms. The predicted molar refractivity (Wildman–Crippen MR) is 86.2 cm³/mol.